The van der Waals surface area contributed by atoms with E-state index < -0.39 is 41.7 Å². The second kappa shape index (κ2) is 11.6. The molecule has 1 saturated carbocycles. The topological polar surface area (TPSA) is 89.3 Å². The highest BCUT2D eigenvalue weighted by atomic mass is 19.4. The molecule has 1 aliphatic heterocycles. The average Bonchev–Trinajstić information content (AvgIpc) is 3.51. The van der Waals surface area contributed by atoms with Crippen LogP contribution in [0.15, 0.2) is 30.5 Å². The van der Waals surface area contributed by atoms with Crippen molar-refractivity contribution in [1.82, 2.24) is 30.1 Å². The molecule has 0 spiro atoms. The van der Waals surface area contributed by atoms with Crippen LogP contribution in [0.1, 0.15) is 74.3 Å². The maximum absolute atomic E-state index is 13.5. The van der Waals surface area contributed by atoms with Crippen LogP contribution in [0.25, 0.3) is 11.4 Å². The van der Waals surface area contributed by atoms with Gasteiger partial charge in [0.05, 0.1) is 23.7 Å². The Morgan fingerprint density at radius 2 is 1.65 bits per heavy atom. The fourth-order valence-electron chi connectivity index (χ4n) is 5.93. The average molecular weight is 612 g/mol. The first-order valence-corrected chi connectivity index (χ1v) is 14.0. The number of anilines is 1. The molecule has 2 atom stereocenters. The number of carbonyl (C=O) groups is 1. The molecular formula is C28H31F6N7O2. The molecule has 0 unspecified atom stereocenters. The van der Waals surface area contributed by atoms with Gasteiger partial charge in [-0.15, -0.1) is 5.10 Å². The van der Waals surface area contributed by atoms with Crippen LogP contribution in [0, 0.1) is 0 Å². The zero-order valence-electron chi connectivity index (χ0n) is 23.8. The molecular weight excluding hydrogens is 580 g/mol. The van der Waals surface area contributed by atoms with Crippen molar-refractivity contribution >= 4 is 11.9 Å². The minimum absolute atomic E-state index is 0.0493. The Hall–Kier alpha value is -3.91. The summed E-state index contributed by atoms with van der Waals surface area (Å²) in [5.41, 5.74) is -2.13. The van der Waals surface area contributed by atoms with Gasteiger partial charge in [0, 0.05) is 37.0 Å². The number of rotatable bonds is 7. The van der Waals surface area contributed by atoms with Crippen molar-refractivity contribution < 1.29 is 35.9 Å². The van der Waals surface area contributed by atoms with Crippen molar-refractivity contribution in [3.05, 3.63) is 52.7 Å². The van der Waals surface area contributed by atoms with Crippen molar-refractivity contribution in [3.8, 4) is 11.4 Å². The summed E-state index contributed by atoms with van der Waals surface area (Å²) in [6, 6.07) is 2.40. The van der Waals surface area contributed by atoms with Crippen molar-refractivity contribution in [2.75, 3.05) is 11.4 Å². The molecule has 3 aromatic rings. The Morgan fingerprint density at radius 3 is 2.21 bits per heavy atom. The van der Waals surface area contributed by atoms with Gasteiger partial charge in [-0.2, -0.15) is 26.3 Å². The molecule has 3 heterocycles. The van der Waals surface area contributed by atoms with E-state index in [0.717, 1.165) is 32.1 Å². The molecule has 1 amide bonds. The first-order valence-electron chi connectivity index (χ1n) is 14.0. The number of nitrogens with zero attached hydrogens (tertiary/aromatic N) is 7. The van der Waals surface area contributed by atoms with Gasteiger partial charge in [0.15, 0.2) is 5.82 Å². The van der Waals surface area contributed by atoms with E-state index in [-0.39, 0.29) is 24.2 Å². The molecule has 232 valence electrons. The second-order valence-electron chi connectivity index (χ2n) is 10.9. The molecule has 0 bridgehead atoms. The zero-order chi connectivity index (χ0) is 31.1. The molecule has 43 heavy (non-hydrogen) atoms. The third-order valence-corrected chi connectivity index (χ3v) is 8.12. The first-order chi connectivity index (χ1) is 20.3. The van der Waals surface area contributed by atoms with E-state index in [4.69, 9.17) is 9.72 Å². The fraction of sp³-hybridized carbons (Fsp3) is 0.536. The number of hydrogen-bond donors (Lipinski definition) is 0. The number of aryl methyl sites for hydroxylation is 1. The highest BCUT2D eigenvalue weighted by Gasteiger charge is 2.43. The summed E-state index contributed by atoms with van der Waals surface area (Å²) < 4.78 is 88.1. The highest BCUT2D eigenvalue weighted by Crippen LogP contribution is 2.41. The maximum Gasteiger partial charge on any atom is 0.416 e. The molecule has 9 nitrogen and oxygen atoms in total. The number of carbonyl (C=O) groups excluding carboxylic acids is 1. The smallest absolute Gasteiger partial charge is 0.416 e. The predicted molar refractivity (Wildman–Crippen MR) is 143 cm³/mol. The van der Waals surface area contributed by atoms with Crippen molar-refractivity contribution in [3.63, 3.8) is 0 Å². The fourth-order valence-corrected chi connectivity index (χ4v) is 5.93. The van der Waals surface area contributed by atoms with E-state index in [0.29, 0.717) is 41.4 Å². The van der Waals surface area contributed by atoms with E-state index >= 15 is 0 Å². The monoisotopic (exact) mass is 611 g/mol. The molecule has 15 heteroatoms. The lowest BCUT2D eigenvalue weighted by Crippen LogP contribution is -2.39. The zero-order valence-corrected chi connectivity index (χ0v) is 23.8. The van der Waals surface area contributed by atoms with Crippen LogP contribution in [0.2, 0.25) is 0 Å². The first kappa shape index (κ1) is 30.5. The maximum atomic E-state index is 13.5. The molecule has 2 fully saturated rings. The van der Waals surface area contributed by atoms with Crippen LogP contribution in [0.5, 0.6) is 0 Å². The molecule has 2 aliphatic rings. The molecule has 0 N–H and O–H groups in total. The Balaban J connectivity index is 1.52. The molecule has 1 aliphatic carbocycles. The third-order valence-electron chi connectivity index (χ3n) is 8.12. The van der Waals surface area contributed by atoms with E-state index in [9.17, 15) is 31.1 Å². The summed E-state index contributed by atoms with van der Waals surface area (Å²) in [7, 11) is 1.66. The minimum Gasteiger partial charge on any atom is -0.439 e. The number of cyclic esters (lactones) is 1. The van der Waals surface area contributed by atoms with Crippen molar-refractivity contribution in [2.45, 2.75) is 83.0 Å². The number of pyridine rings is 1. The van der Waals surface area contributed by atoms with Crippen LogP contribution in [0.4, 0.5) is 37.0 Å². The molecule has 2 aromatic heterocycles. The van der Waals surface area contributed by atoms with Gasteiger partial charge < -0.3 is 9.64 Å². The van der Waals surface area contributed by atoms with Crippen LogP contribution in [-0.4, -0.2) is 54.8 Å². The van der Waals surface area contributed by atoms with Gasteiger partial charge in [-0.25, -0.2) is 14.5 Å². The second-order valence-corrected chi connectivity index (χ2v) is 10.9. The van der Waals surface area contributed by atoms with Crippen LogP contribution >= 0.6 is 0 Å². The minimum atomic E-state index is -5.03. The number of hydrogen-bond acceptors (Lipinski definition) is 7. The number of ether oxygens (including phenoxy) is 1. The summed E-state index contributed by atoms with van der Waals surface area (Å²) in [5, 5.41) is 11.6. The van der Waals surface area contributed by atoms with E-state index in [1.807, 2.05) is 6.92 Å². The van der Waals surface area contributed by atoms with Crippen LogP contribution in [-0.2, 0) is 30.7 Å². The van der Waals surface area contributed by atoms with Gasteiger partial charge in [0.25, 0.3) is 0 Å². The number of benzene rings is 1. The largest absolute Gasteiger partial charge is 0.439 e. The standard InChI is InChI=1S/C28H31F6N7O2/c1-4-40(22-8-6-5-7-9-22)24-19(10-18(14-35-24)25-36-37-38-39(25)3)15-41-16(2)23(43-26(41)42)17-11-20(27(29,30)31)13-21(12-17)28(32,33)34/h10-14,16,22-23H,4-9,15H2,1-3H3/t16-,23-/m0/s1. The van der Waals surface area contributed by atoms with Crippen molar-refractivity contribution in [2.24, 2.45) is 7.05 Å². The van der Waals surface area contributed by atoms with E-state index in [1.165, 1.54) is 16.5 Å². The van der Waals surface area contributed by atoms with E-state index in [1.54, 1.807) is 19.3 Å². The molecule has 0 radical (unpaired) electrons. The number of tetrazole rings is 1. The quantitative estimate of drug-likeness (QED) is 0.280. The number of aromatic nitrogens is 5. The number of alkyl halides is 6. The number of halogens is 6. The normalized spacial score (nSPS) is 20.0. The Labute approximate surface area is 243 Å². The Kier molecular flexibility index (Phi) is 8.27. The van der Waals surface area contributed by atoms with Gasteiger partial charge >= 0.3 is 18.4 Å². The Bertz CT molecular complexity index is 1440. The molecule has 5 rings (SSSR count). The van der Waals surface area contributed by atoms with Gasteiger partial charge in [-0.05, 0) is 66.9 Å². The third kappa shape index (κ3) is 6.25. The number of amides is 1. The predicted octanol–water partition coefficient (Wildman–Crippen LogP) is 6.55. The van der Waals surface area contributed by atoms with Gasteiger partial charge in [-0.3, -0.25) is 4.90 Å². The van der Waals surface area contributed by atoms with E-state index in [2.05, 4.69) is 20.4 Å². The van der Waals surface area contributed by atoms with Crippen LogP contribution in [0.3, 0.4) is 0 Å². The lowest BCUT2D eigenvalue weighted by molar-refractivity contribution is -0.143. The molecule has 1 saturated heterocycles. The SMILES string of the molecule is CCN(c1ncc(-c2nnnn2C)cc1CN1C(=O)O[C@H](c2cc(C(F)(F)F)cc(C(F)(F)F)c2)[C@@H]1C)C1CCCCC1. The summed E-state index contributed by atoms with van der Waals surface area (Å²) in [5.74, 6) is 1.06. The van der Waals surface area contributed by atoms with Gasteiger partial charge in [0.1, 0.15) is 11.9 Å². The summed E-state index contributed by atoms with van der Waals surface area (Å²) in [6.07, 6.45) is -5.38. The van der Waals surface area contributed by atoms with Crippen LogP contribution < -0.4 is 4.90 Å². The lowest BCUT2D eigenvalue weighted by Gasteiger charge is -2.36. The molecule has 1 aromatic carbocycles. The van der Waals surface area contributed by atoms with Crippen molar-refractivity contribution in [1.29, 1.82) is 0 Å². The summed E-state index contributed by atoms with van der Waals surface area (Å²) in [6.45, 7) is 4.13. The van der Waals surface area contributed by atoms with Gasteiger partial charge in [0.2, 0.25) is 0 Å². The highest BCUT2D eigenvalue weighted by molar-refractivity contribution is 5.72. The lowest BCUT2D eigenvalue weighted by atomic mass is 9.93. The van der Waals surface area contributed by atoms with Gasteiger partial charge in [-0.1, -0.05) is 19.3 Å². The summed E-state index contributed by atoms with van der Waals surface area (Å²) >= 11 is 0. The summed E-state index contributed by atoms with van der Waals surface area (Å²) in [4.78, 5) is 21.4. The Morgan fingerprint density at radius 1 is 1.00 bits per heavy atom.